The van der Waals surface area contributed by atoms with E-state index in [0.29, 0.717) is 17.9 Å². The zero-order chi connectivity index (χ0) is 15.2. The Labute approximate surface area is 137 Å². The van der Waals surface area contributed by atoms with Crippen LogP contribution in [-0.4, -0.2) is 6.54 Å². The van der Waals surface area contributed by atoms with Gasteiger partial charge < -0.3 is 10.1 Å². The first-order valence-electron chi connectivity index (χ1n) is 6.98. The second-order valence-electron chi connectivity index (χ2n) is 4.88. The van der Waals surface area contributed by atoms with Gasteiger partial charge in [-0.3, -0.25) is 0 Å². The zero-order valence-corrected chi connectivity index (χ0v) is 14.6. The van der Waals surface area contributed by atoms with Gasteiger partial charge in [-0.2, -0.15) is 0 Å². The maximum absolute atomic E-state index is 14.1. The highest BCUT2D eigenvalue weighted by atomic mass is 79.9. The Hall–Kier alpha value is -0.910. The number of nitrogens with one attached hydrogen (secondary N) is 1. The Balaban J connectivity index is 1.98. The quantitative estimate of drug-likeness (QED) is 0.713. The van der Waals surface area contributed by atoms with Crippen molar-refractivity contribution in [2.24, 2.45) is 0 Å². The average Bonchev–Trinajstić information content (AvgIpc) is 2.88. The third-order valence-electron chi connectivity index (χ3n) is 3.14. The Morgan fingerprint density at radius 1 is 1.38 bits per heavy atom. The van der Waals surface area contributed by atoms with Gasteiger partial charge in [-0.05, 0) is 48.0 Å². The third kappa shape index (κ3) is 4.80. The maximum atomic E-state index is 14.1. The van der Waals surface area contributed by atoms with Crippen LogP contribution in [0.25, 0.3) is 0 Å². The van der Waals surface area contributed by atoms with Crippen LogP contribution in [0.1, 0.15) is 36.8 Å². The van der Waals surface area contributed by atoms with Gasteiger partial charge in [0.25, 0.3) is 0 Å². The summed E-state index contributed by atoms with van der Waals surface area (Å²) in [6.07, 6.45) is 1.03. The summed E-state index contributed by atoms with van der Waals surface area (Å²) < 4.78 is 20.8. The molecule has 0 radical (unpaired) electrons. The van der Waals surface area contributed by atoms with Crippen LogP contribution in [0.3, 0.4) is 0 Å². The fraction of sp³-hybridized carbons (Fsp3) is 0.375. The van der Waals surface area contributed by atoms with Crippen LogP contribution >= 0.6 is 27.3 Å². The summed E-state index contributed by atoms with van der Waals surface area (Å²) in [6.45, 7) is 5.40. The SMILES string of the molecule is CCCNC(C)c1ccc(OCc2cc(Br)cs2)cc1F. The topological polar surface area (TPSA) is 21.3 Å². The van der Waals surface area contributed by atoms with E-state index in [1.807, 2.05) is 24.4 Å². The van der Waals surface area contributed by atoms with Crippen molar-refractivity contribution in [3.8, 4) is 5.75 Å². The minimum Gasteiger partial charge on any atom is -0.488 e. The van der Waals surface area contributed by atoms with Crippen LogP contribution in [-0.2, 0) is 6.61 Å². The molecule has 1 aromatic carbocycles. The van der Waals surface area contributed by atoms with Crippen molar-refractivity contribution in [1.29, 1.82) is 0 Å². The Morgan fingerprint density at radius 3 is 2.81 bits per heavy atom. The van der Waals surface area contributed by atoms with Crippen LogP contribution in [0.5, 0.6) is 5.75 Å². The van der Waals surface area contributed by atoms with Gasteiger partial charge in [-0.1, -0.05) is 13.0 Å². The first-order valence-corrected chi connectivity index (χ1v) is 8.66. The first-order chi connectivity index (χ1) is 10.1. The molecule has 0 saturated carbocycles. The molecule has 0 aliphatic heterocycles. The van der Waals surface area contributed by atoms with Crippen LogP contribution in [0.15, 0.2) is 34.1 Å². The van der Waals surface area contributed by atoms with Crippen LogP contribution < -0.4 is 10.1 Å². The highest BCUT2D eigenvalue weighted by Crippen LogP contribution is 2.24. The lowest BCUT2D eigenvalue weighted by atomic mass is 10.1. The molecule has 0 aliphatic carbocycles. The molecule has 21 heavy (non-hydrogen) atoms. The van der Waals surface area contributed by atoms with Crippen LogP contribution in [0, 0.1) is 5.82 Å². The molecule has 1 N–H and O–H groups in total. The van der Waals surface area contributed by atoms with Gasteiger partial charge in [0.05, 0.1) is 0 Å². The number of thiophene rings is 1. The Bertz CT molecular complexity index is 587. The largest absolute Gasteiger partial charge is 0.488 e. The number of hydrogen-bond acceptors (Lipinski definition) is 3. The Morgan fingerprint density at radius 2 is 2.19 bits per heavy atom. The van der Waals surface area contributed by atoms with E-state index in [2.05, 4.69) is 28.2 Å². The smallest absolute Gasteiger partial charge is 0.131 e. The van der Waals surface area contributed by atoms with E-state index in [1.54, 1.807) is 17.4 Å². The molecule has 2 aromatic rings. The number of ether oxygens (including phenoxy) is 1. The molecule has 0 fully saturated rings. The van der Waals surface area contributed by atoms with Crippen molar-refractivity contribution >= 4 is 27.3 Å². The highest BCUT2D eigenvalue weighted by Gasteiger charge is 2.11. The summed E-state index contributed by atoms with van der Waals surface area (Å²) in [6, 6.07) is 7.09. The molecule has 1 aromatic heterocycles. The minimum absolute atomic E-state index is 0.00671. The summed E-state index contributed by atoms with van der Waals surface area (Å²) in [7, 11) is 0. The molecular formula is C16H19BrFNOS. The van der Waals surface area contributed by atoms with Crippen molar-refractivity contribution in [2.45, 2.75) is 32.9 Å². The summed E-state index contributed by atoms with van der Waals surface area (Å²) in [4.78, 5) is 1.10. The lowest BCUT2D eigenvalue weighted by Gasteiger charge is -2.15. The molecule has 114 valence electrons. The molecule has 5 heteroatoms. The monoisotopic (exact) mass is 371 g/mol. The number of benzene rings is 1. The third-order valence-corrected chi connectivity index (χ3v) is 4.81. The van der Waals surface area contributed by atoms with Crippen molar-refractivity contribution in [1.82, 2.24) is 5.32 Å². The van der Waals surface area contributed by atoms with E-state index in [0.717, 1.165) is 22.3 Å². The number of rotatable bonds is 7. The molecule has 0 bridgehead atoms. The molecular weight excluding hydrogens is 353 g/mol. The van der Waals surface area contributed by atoms with E-state index in [-0.39, 0.29) is 11.9 Å². The zero-order valence-electron chi connectivity index (χ0n) is 12.2. The van der Waals surface area contributed by atoms with Crippen LogP contribution in [0.4, 0.5) is 4.39 Å². The minimum atomic E-state index is -0.226. The predicted octanol–water partition coefficient (Wildman–Crippen LogP) is 5.29. The van der Waals surface area contributed by atoms with Crippen molar-refractivity contribution in [3.05, 3.63) is 50.4 Å². The molecule has 2 nitrogen and oxygen atoms in total. The van der Waals surface area contributed by atoms with E-state index in [4.69, 9.17) is 4.74 Å². The van der Waals surface area contributed by atoms with E-state index in [9.17, 15) is 4.39 Å². The standard InChI is InChI=1S/C16H19BrFNOS/c1-3-6-19-11(2)15-5-4-13(8-16(15)18)20-9-14-7-12(17)10-21-14/h4-5,7-8,10-11,19H,3,6,9H2,1-2H3. The number of halogens is 2. The van der Waals surface area contributed by atoms with Crippen molar-refractivity contribution in [2.75, 3.05) is 6.54 Å². The number of hydrogen-bond donors (Lipinski definition) is 1. The van der Waals surface area contributed by atoms with Crippen LogP contribution in [0.2, 0.25) is 0 Å². The van der Waals surface area contributed by atoms with Gasteiger partial charge in [0, 0.05) is 32.4 Å². The molecule has 0 amide bonds. The molecule has 0 saturated heterocycles. The molecule has 0 aliphatic rings. The Kier molecular flexibility index (Phi) is 6.21. The van der Waals surface area contributed by atoms with E-state index >= 15 is 0 Å². The van der Waals surface area contributed by atoms with E-state index < -0.39 is 0 Å². The van der Waals surface area contributed by atoms with Gasteiger partial charge in [-0.25, -0.2) is 4.39 Å². The van der Waals surface area contributed by atoms with Gasteiger partial charge >= 0.3 is 0 Å². The predicted molar refractivity (Wildman–Crippen MR) is 89.5 cm³/mol. The van der Waals surface area contributed by atoms with Gasteiger partial charge in [0.15, 0.2) is 0 Å². The summed E-state index contributed by atoms with van der Waals surface area (Å²) in [5.41, 5.74) is 0.676. The van der Waals surface area contributed by atoms with Crippen molar-refractivity contribution < 1.29 is 9.13 Å². The second kappa shape index (κ2) is 7.92. The second-order valence-corrected chi connectivity index (χ2v) is 6.79. The lowest BCUT2D eigenvalue weighted by molar-refractivity contribution is 0.307. The maximum Gasteiger partial charge on any atom is 0.131 e. The fourth-order valence-electron chi connectivity index (χ4n) is 2.00. The highest BCUT2D eigenvalue weighted by molar-refractivity contribution is 9.10. The lowest BCUT2D eigenvalue weighted by Crippen LogP contribution is -2.20. The molecule has 1 atom stereocenters. The summed E-state index contributed by atoms with van der Waals surface area (Å²) in [5.74, 6) is 0.333. The first kappa shape index (κ1) is 16.5. The van der Waals surface area contributed by atoms with Gasteiger partial charge in [0.1, 0.15) is 18.2 Å². The fourth-order valence-corrected chi connectivity index (χ4v) is 3.37. The molecule has 1 unspecified atom stereocenters. The summed E-state index contributed by atoms with van der Waals surface area (Å²) in [5, 5.41) is 5.29. The molecule has 1 heterocycles. The summed E-state index contributed by atoms with van der Waals surface area (Å²) >= 11 is 5.02. The van der Waals surface area contributed by atoms with Gasteiger partial charge in [-0.15, -0.1) is 11.3 Å². The molecule has 0 spiro atoms. The van der Waals surface area contributed by atoms with E-state index in [1.165, 1.54) is 6.07 Å². The van der Waals surface area contributed by atoms with Crippen molar-refractivity contribution in [3.63, 3.8) is 0 Å². The normalized spacial score (nSPS) is 12.4. The van der Waals surface area contributed by atoms with Gasteiger partial charge in [0.2, 0.25) is 0 Å². The average molecular weight is 372 g/mol. The molecule has 2 rings (SSSR count).